The first kappa shape index (κ1) is 4.58. The minimum atomic E-state index is 0.909. The first-order valence-corrected chi connectivity index (χ1v) is 4.57. The number of fused-ring (bicyclic) bond motifs is 1. The predicted octanol–water partition coefficient (Wildman–Crippen LogP) is 2.36. The maximum Gasteiger partial charge on any atom is -0.0132 e. The molecule has 5 aliphatic carbocycles. The zero-order chi connectivity index (χ0) is 6.40. The standard InChI is InChI=1S/C10H12/c1-2-5-10-7-3-6-9(10,4-1)8(7)10/h1-2,7-8H,3-6H2/t7-,8-,9+,10-/m0/s1. The lowest BCUT2D eigenvalue weighted by atomic mass is 9.81. The van der Waals surface area contributed by atoms with E-state index < -0.39 is 0 Å². The average molecular weight is 132 g/mol. The van der Waals surface area contributed by atoms with Crippen LogP contribution in [0.1, 0.15) is 25.7 Å². The third-order valence-corrected chi connectivity index (χ3v) is 4.95. The van der Waals surface area contributed by atoms with Gasteiger partial charge < -0.3 is 0 Å². The van der Waals surface area contributed by atoms with E-state index in [0.29, 0.717) is 0 Å². The summed E-state index contributed by atoms with van der Waals surface area (Å²) in [6.45, 7) is 0. The van der Waals surface area contributed by atoms with Crippen LogP contribution in [0.25, 0.3) is 0 Å². The molecule has 0 heterocycles. The minimum Gasteiger partial charge on any atom is -0.0879 e. The normalized spacial score (nSPS) is 72.8. The fourth-order valence-corrected chi connectivity index (χ4v) is 4.60. The van der Waals surface area contributed by atoms with Crippen LogP contribution in [0.5, 0.6) is 0 Å². The van der Waals surface area contributed by atoms with Crippen LogP contribution in [0.2, 0.25) is 0 Å². The smallest absolute Gasteiger partial charge is 0.0132 e. The van der Waals surface area contributed by atoms with Gasteiger partial charge in [-0.15, -0.1) is 0 Å². The average Bonchev–Trinajstić information content (AvgIpc) is 2.64. The highest BCUT2D eigenvalue weighted by molar-refractivity contribution is 5.46. The van der Waals surface area contributed by atoms with Crippen LogP contribution in [0.3, 0.4) is 0 Å². The summed E-state index contributed by atoms with van der Waals surface area (Å²) in [5, 5.41) is 0. The van der Waals surface area contributed by atoms with Gasteiger partial charge in [0.1, 0.15) is 0 Å². The third-order valence-electron chi connectivity index (χ3n) is 4.95. The quantitative estimate of drug-likeness (QED) is 0.444. The van der Waals surface area contributed by atoms with Crippen LogP contribution in [0.15, 0.2) is 12.2 Å². The Kier molecular flexibility index (Phi) is 0.426. The Morgan fingerprint density at radius 1 is 1.20 bits per heavy atom. The molecule has 5 aliphatic rings. The van der Waals surface area contributed by atoms with Gasteiger partial charge in [-0.3, -0.25) is 0 Å². The molecular formula is C10H12. The van der Waals surface area contributed by atoms with Crippen molar-refractivity contribution in [3.63, 3.8) is 0 Å². The van der Waals surface area contributed by atoms with E-state index in [1.807, 2.05) is 0 Å². The lowest BCUT2D eigenvalue weighted by Gasteiger charge is -2.23. The molecule has 0 nitrogen and oxygen atoms in total. The summed E-state index contributed by atoms with van der Waals surface area (Å²) in [6.07, 6.45) is 10.9. The van der Waals surface area contributed by atoms with Crippen LogP contribution >= 0.6 is 0 Å². The zero-order valence-electron chi connectivity index (χ0n) is 6.14. The molecule has 4 atom stereocenters. The SMILES string of the molecule is C1=CC[C@@]23[C@H]4CC[C@]2(C1)[C@H]43. The number of hydrogen-bond acceptors (Lipinski definition) is 0. The highest BCUT2D eigenvalue weighted by Crippen LogP contribution is 3.01. The van der Waals surface area contributed by atoms with Crippen LogP contribution in [0.4, 0.5) is 0 Å². The molecule has 5 rings (SSSR count). The summed E-state index contributed by atoms with van der Waals surface area (Å²) >= 11 is 0. The number of allylic oxidation sites excluding steroid dienone is 2. The zero-order valence-corrected chi connectivity index (χ0v) is 6.14. The Morgan fingerprint density at radius 3 is 3.00 bits per heavy atom. The molecule has 4 fully saturated rings. The second-order valence-electron chi connectivity index (χ2n) is 4.70. The van der Waals surface area contributed by atoms with E-state index in [4.69, 9.17) is 0 Å². The van der Waals surface area contributed by atoms with Crippen molar-refractivity contribution in [1.29, 1.82) is 0 Å². The lowest BCUT2D eigenvalue weighted by molar-refractivity contribution is 0.312. The van der Waals surface area contributed by atoms with Crippen molar-refractivity contribution >= 4 is 0 Å². The van der Waals surface area contributed by atoms with Gasteiger partial charge in [-0.1, -0.05) is 12.2 Å². The molecule has 0 N–H and O–H groups in total. The largest absolute Gasteiger partial charge is 0.0879 e. The molecule has 52 valence electrons. The summed E-state index contributed by atoms with van der Waals surface area (Å²) in [7, 11) is 0. The van der Waals surface area contributed by atoms with Crippen molar-refractivity contribution in [1.82, 2.24) is 0 Å². The van der Waals surface area contributed by atoms with Crippen molar-refractivity contribution in [2.45, 2.75) is 25.7 Å². The Labute approximate surface area is 61.3 Å². The summed E-state index contributed by atoms with van der Waals surface area (Å²) in [5.74, 6) is 2.42. The molecule has 2 bridgehead atoms. The molecule has 0 aliphatic heterocycles. The first-order chi connectivity index (χ1) is 4.92. The van der Waals surface area contributed by atoms with Gasteiger partial charge in [-0.05, 0) is 48.3 Å². The fourth-order valence-electron chi connectivity index (χ4n) is 4.60. The molecule has 10 heavy (non-hydrogen) atoms. The Balaban J connectivity index is 1.94. The van der Waals surface area contributed by atoms with E-state index in [0.717, 1.165) is 10.8 Å². The Morgan fingerprint density at radius 2 is 2.10 bits per heavy atom. The van der Waals surface area contributed by atoms with Gasteiger partial charge in [0.25, 0.3) is 0 Å². The topological polar surface area (TPSA) is 0 Å². The summed E-state index contributed by atoms with van der Waals surface area (Å²) < 4.78 is 0. The molecular weight excluding hydrogens is 120 g/mol. The van der Waals surface area contributed by atoms with E-state index in [2.05, 4.69) is 12.2 Å². The Bertz CT molecular complexity index is 239. The monoisotopic (exact) mass is 132 g/mol. The molecule has 0 radical (unpaired) electrons. The maximum atomic E-state index is 2.43. The van der Waals surface area contributed by atoms with Crippen LogP contribution in [-0.4, -0.2) is 0 Å². The molecule has 0 aromatic carbocycles. The lowest BCUT2D eigenvalue weighted by Crippen LogP contribution is -2.15. The van der Waals surface area contributed by atoms with Crippen LogP contribution in [0, 0.1) is 22.7 Å². The van der Waals surface area contributed by atoms with Crippen LogP contribution < -0.4 is 0 Å². The van der Waals surface area contributed by atoms with E-state index in [-0.39, 0.29) is 0 Å². The van der Waals surface area contributed by atoms with Crippen molar-refractivity contribution in [2.24, 2.45) is 22.7 Å². The molecule has 0 saturated heterocycles. The van der Waals surface area contributed by atoms with Crippen molar-refractivity contribution in [2.75, 3.05) is 0 Å². The van der Waals surface area contributed by atoms with Crippen molar-refractivity contribution in [3.05, 3.63) is 12.2 Å². The maximum absolute atomic E-state index is 2.43. The highest BCUT2D eigenvalue weighted by Gasteiger charge is 2.96. The molecule has 0 aromatic heterocycles. The van der Waals surface area contributed by atoms with Crippen LogP contribution in [-0.2, 0) is 0 Å². The summed E-state index contributed by atoms with van der Waals surface area (Å²) in [4.78, 5) is 0. The van der Waals surface area contributed by atoms with Gasteiger partial charge in [0.2, 0.25) is 0 Å². The second kappa shape index (κ2) is 0.929. The van der Waals surface area contributed by atoms with E-state index >= 15 is 0 Å². The fraction of sp³-hybridized carbons (Fsp3) is 0.800. The second-order valence-corrected chi connectivity index (χ2v) is 4.70. The van der Waals surface area contributed by atoms with Gasteiger partial charge in [0.05, 0.1) is 0 Å². The molecule has 4 saturated carbocycles. The van der Waals surface area contributed by atoms with Gasteiger partial charge in [-0.25, -0.2) is 0 Å². The highest BCUT2D eigenvalue weighted by atomic mass is 15.0. The first-order valence-electron chi connectivity index (χ1n) is 4.57. The van der Waals surface area contributed by atoms with Gasteiger partial charge in [0.15, 0.2) is 0 Å². The van der Waals surface area contributed by atoms with Gasteiger partial charge in [-0.2, -0.15) is 0 Å². The van der Waals surface area contributed by atoms with E-state index in [1.54, 1.807) is 12.8 Å². The molecule has 0 unspecified atom stereocenters. The molecule has 0 heteroatoms. The van der Waals surface area contributed by atoms with Gasteiger partial charge >= 0.3 is 0 Å². The van der Waals surface area contributed by atoms with Crippen molar-refractivity contribution in [3.8, 4) is 0 Å². The molecule has 0 amide bonds. The van der Waals surface area contributed by atoms with E-state index in [1.165, 1.54) is 24.7 Å². The Hall–Kier alpha value is -0.260. The molecule has 0 aromatic rings. The number of hydrogen-bond donors (Lipinski definition) is 0. The predicted molar refractivity (Wildman–Crippen MR) is 39.5 cm³/mol. The van der Waals surface area contributed by atoms with Gasteiger partial charge in [0, 0.05) is 0 Å². The summed E-state index contributed by atoms with van der Waals surface area (Å²) in [6, 6.07) is 0. The van der Waals surface area contributed by atoms with Crippen molar-refractivity contribution < 1.29 is 0 Å². The number of rotatable bonds is 0. The molecule has 2 spiro atoms. The minimum absolute atomic E-state index is 0.909. The summed E-state index contributed by atoms with van der Waals surface area (Å²) in [5.41, 5.74) is 1.84. The third kappa shape index (κ3) is 0.202. The van der Waals surface area contributed by atoms with E-state index in [9.17, 15) is 0 Å².